The van der Waals surface area contributed by atoms with E-state index in [0.29, 0.717) is 6.42 Å². The molecule has 27 heavy (non-hydrogen) atoms. The first-order valence-corrected chi connectivity index (χ1v) is 9.27. The lowest BCUT2D eigenvalue weighted by Gasteiger charge is -2.23. The van der Waals surface area contributed by atoms with E-state index in [1.165, 1.54) is 6.07 Å². The monoisotopic (exact) mass is 360 g/mol. The number of halogens is 1. The predicted octanol–water partition coefficient (Wildman–Crippen LogP) is 4.62. The summed E-state index contributed by atoms with van der Waals surface area (Å²) < 4.78 is 13.4. The Morgan fingerprint density at radius 2 is 2.04 bits per heavy atom. The Hall–Kier alpha value is -3.01. The average molecular weight is 360 g/mol. The molecule has 1 amide bonds. The highest BCUT2D eigenvalue weighted by Gasteiger charge is 2.27. The second-order valence-electron chi connectivity index (χ2n) is 6.92. The maximum absolute atomic E-state index is 13.4. The molecule has 4 rings (SSSR count). The fourth-order valence-corrected chi connectivity index (χ4v) is 3.79. The zero-order valence-corrected chi connectivity index (χ0v) is 15.0. The third-order valence-electron chi connectivity index (χ3n) is 5.09. The van der Waals surface area contributed by atoms with Gasteiger partial charge in [-0.15, -0.1) is 0 Å². The van der Waals surface area contributed by atoms with E-state index in [9.17, 15) is 9.18 Å². The van der Waals surface area contributed by atoms with Crippen LogP contribution in [-0.2, 0) is 11.2 Å². The summed E-state index contributed by atoms with van der Waals surface area (Å²) in [7, 11) is 0. The van der Waals surface area contributed by atoms with Crippen LogP contribution in [0.2, 0.25) is 0 Å². The topological polar surface area (TPSA) is 33.2 Å². The highest BCUT2D eigenvalue weighted by atomic mass is 19.1. The van der Waals surface area contributed by atoms with E-state index < -0.39 is 0 Å². The van der Waals surface area contributed by atoms with E-state index in [0.717, 1.165) is 41.4 Å². The van der Waals surface area contributed by atoms with Crippen molar-refractivity contribution in [1.82, 2.24) is 9.88 Å². The number of aromatic nitrogens is 1. The number of hydrogen-bond acceptors (Lipinski definition) is 2. The molecule has 0 bridgehead atoms. The smallest absolute Gasteiger partial charge is 0.246 e. The lowest BCUT2D eigenvalue weighted by molar-refractivity contribution is -0.126. The molecule has 2 heterocycles. The van der Waals surface area contributed by atoms with Crippen LogP contribution < -0.4 is 0 Å². The maximum Gasteiger partial charge on any atom is 0.246 e. The number of hydrogen-bond donors (Lipinski definition) is 0. The van der Waals surface area contributed by atoms with Crippen LogP contribution >= 0.6 is 0 Å². The van der Waals surface area contributed by atoms with Crippen molar-refractivity contribution in [3.05, 3.63) is 83.8 Å². The number of carbonyl (C=O) groups is 1. The largest absolute Gasteiger partial charge is 0.336 e. The van der Waals surface area contributed by atoms with Crippen molar-refractivity contribution < 1.29 is 9.18 Å². The number of likely N-dealkylation sites (tertiary alicyclic amines) is 1. The molecular weight excluding hydrogens is 339 g/mol. The van der Waals surface area contributed by atoms with Crippen LogP contribution in [0, 0.1) is 5.82 Å². The Morgan fingerprint density at radius 3 is 2.93 bits per heavy atom. The number of pyridine rings is 1. The molecule has 136 valence electrons. The van der Waals surface area contributed by atoms with Crippen LogP contribution in [0.15, 0.2) is 66.9 Å². The minimum Gasteiger partial charge on any atom is -0.336 e. The number of benzene rings is 2. The number of carbonyl (C=O) groups excluding carboxylic acids is 1. The van der Waals surface area contributed by atoms with Crippen molar-refractivity contribution in [1.29, 1.82) is 0 Å². The molecule has 4 heteroatoms. The van der Waals surface area contributed by atoms with Crippen molar-refractivity contribution in [2.24, 2.45) is 0 Å². The Labute approximate surface area is 158 Å². The molecule has 1 fully saturated rings. The Bertz CT molecular complexity index is 993. The summed E-state index contributed by atoms with van der Waals surface area (Å²) >= 11 is 0. The molecular formula is C23H21FN2O. The molecule has 0 aliphatic carbocycles. The predicted molar refractivity (Wildman–Crippen MR) is 106 cm³/mol. The van der Waals surface area contributed by atoms with Crippen molar-refractivity contribution in [2.75, 3.05) is 6.54 Å². The summed E-state index contributed by atoms with van der Waals surface area (Å²) in [6, 6.07) is 16.6. The van der Waals surface area contributed by atoms with E-state index in [1.54, 1.807) is 24.4 Å². The van der Waals surface area contributed by atoms with Gasteiger partial charge in [0.25, 0.3) is 0 Å². The highest BCUT2D eigenvalue weighted by molar-refractivity contribution is 5.95. The number of amides is 1. The second kappa shape index (κ2) is 7.70. The van der Waals surface area contributed by atoms with Gasteiger partial charge >= 0.3 is 0 Å². The van der Waals surface area contributed by atoms with Crippen LogP contribution in [0.1, 0.15) is 24.0 Å². The molecule has 0 saturated carbocycles. The molecule has 1 aliphatic rings. The first-order chi connectivity index (χ1) is 13.2. The fraction of sp³-hybridized carbons (Fsp3) is 0.217. The molecule has 0 radical (unpaired) electrons. The van der Waals surface area contributed by atoms with Crippen LogP contribution in [0.3, 0.4) is 0 Å². The summed E-state index contributed by atoms with van der Waals surface area (Å²) in [6.07, 6.45) is 7.86. The van der Waals surface area contributed by atoms with Gasteiger partial charge in [0.1, 0.15) is 5.82 Å². The normalized spacial score (nSPS) is 17.1. The third-order valence-corrected chi connectivity index (χ3v) is 5.09. The van der Waals surface area contributed by atoms with Gasteiger partial charge in [-0.25, -0.2) is 4.39 Å². The Balaban J connectivity index is 1.50. The van der Waals surface area contributed by atoms with Crippen LogP contribution in [0.25, 0.3) is 17.0 Å². The van der Waals surface area contributed by atoms with Crippen molar-refractivity contribution in [2.45, 2.75) is 25.3 Å². The quantitative estimate of drug-likeness (QED) is 0.636. The summed E-state index contributed by atoms with van der Waals surface area (Å²) in [4.78, 5) is 19.1. The molecule has 3 nitrogen and oxygen atoms in total. The number of nitrogens with zero attached hydrogens (tertiary/aromatic N) is 2. The van der Waals surface area contributed by atoms with Crippen molar-refractivity contribution in [3.63, 3.8) is 0 Å². The van der Waals surface area contributed by atoms with Gasteiger partial charge in [0.2, 0.25) is 5.91 Å². The molecule has 1 aliphatic heterocycles. The molecule has 2 aromatic carbocycles. The molecule has 1 atom stereocenters. The van der Waals surface area contributed by atoms with Gasteiger partial charge in [-0.2, -0.15) is 0 Å². The molecule has 1 unspecified atom stereocenters. The van der Waals surface area contributed by atoms with Gasteiger partial charge in [-0.1, -0.05) is 36.4 Å². The summed E-state index contributed by atoms with van der Waals surface area (Å²) in [5, 5.41) is 1.05. The molecule has 1 saturated heterocycles. The molecule has 0 N–H and O–H groups in total. The van der Waals surface area contributed by atoms with Crippen LogP contribution in [0.4, 0.5) is 4.39 Å². The number of rotatable bonds is 4. The number of para-hydroxylation sites is 1. The molecule has 0 spiro atoms. The Kier molecular flexibility index (Phi) is 4.97. The van der Waals surface area contributed by atoms with Gasteiger partial charge < -0.3 is 4.90 Å². The van der Waals surface area contributed by atoms with Gasteiger partial charge in [-0.3, -0.25) is 9.78 Å². The van der Waals surface area contributed by atoms with E-state index in [-0.39, 0.29) is 17.8 Å². The molecule has 3 aromatic rings. The third kappa shape index (κ3) is 3.90. The fourth-order valence-electron chi connectivity index (χ4n) is 3.79. The van der Waals surface area contributed by atoms with E-state index in [1.807, 2.05) is 47.4 Å². The zero-order chi connectivity index (χ0) is 18.6. The second-order valence-corrected chi connectivity index (χ2v) is 6.92. The standard InChI is InChI=1S/C23H21FN2O/c24-20-9-1-5-17(15-20)16-21-10-4-14-26(21)22(27)12-11-19-7-2-6-18-8-3-13-25-23(18)19/h1-3,5-9,11-13,15,21H,4,10,14,16H2. The lowest BCUT2D eigenvalue weighted by atomic mass is 10.0. The summed E-state index contributed by atoms with van der Waals surface area (Å²) in [5.41, 5.74) is 2.76. The Morgan fingerprint density at radius 1 is 1.19 bits per heavy atom. The van der Waals surface area contributed by atoms with Gasteiger partial charge in [0, 0.05) is 35.8 Å². The molecule has 1 aromatic heterocycles. The lowest BCUT2D eigenvalue weighted by Crippen LogP contribution is -2.35. The van der Waals surface area contributed by atoms with Crippen LogP contribution in [-0.4, -0.2) is 28.4 Å². The van der Waals surface area contributed by atoms with E-state index in [4.69, 9.17) is 0 Å². The van der Waals surface area contributed by atoms with Gasteiger partial charge in [0.05, 0.1) is 5.52 Å². The van der Waals surface area contributed by atoms with E-state index in [2.05, 4.69) is 4.98 Å². The SMILES string of the molecule is O=C(C=Cc1cccc2cccnc12)N1CCCC1Cc1cccc(F)c1. The average Bonchev–Trinajstić information content (AvgIpc) is 3.14. The minimum absolute atomic E-state index is 0.00170. The summed E-state index contributed by atoms with van der Waals surface area (Å²) in [5.74, 6) is -0.228. The van der Waals surface area contributed by atoms with E-state index >= 15 is 0 Å². The number of fused-ring (bicyclic) bond motifs is 1. The zero-order valence-electron chi connectivity index (χ0n) is 15.0. The van der Waals surface area contributed by atoms with Gasteiger partial charge in [-0.05, 0) is 49.1 Å². The minimum atomic E-state index is -0.230. The first-order valence-electron chi connectivity index (χ1n) is 9.27. The highest BCUT2D eigenvalue weighted by Crippen LogP contribution is 2.23. The summed E-state index contributed by atoms with van der Waals surface area (Å²) in [6.45, 7) is 0.747. The van der Waals surface area contributed by atoms with Gasteiger partial charge in [0.15, 0.2) is 0 Å². The first kappa shape index (κ1) is 17.4. The van der Waals surface area contributed by atoms with Crippen molar-refractivity contribution >= 4 is 22.9 Å². The van der Waals surface area contributed by atoms with Crippen LogP contribution in [0.5, 0.6) is 0 Å². The maximum atomic E-state index is 13.4. The van der Waals surface area contributed by atoms with Crippen molar-refractivity contribution in [3.8, 4) is 0 Å².